The molecule has 0 aliphatic heterocycles. The zero-order chi connectivity index (χ0) is 16.9. The van der Waals surface area contributed by atoms with Crippen LogP contribution in [-0.2, 0) is 0 Å². The van der Waals surface area contributed by atoms with Gasteiger partial charge in [0.15, 0.2) is 5.15 Å². The number of halogens is 1. The van der Waals surface area contributed by atoms with Crippen LogP contribution in [0.5, 0.6) is 5.75 Å². The Morgan fingerprint density at radius 3 is 2.71 bits per heavy atom. The molecule has 0 atom stereocenters. The second-order valence-electron chi connectivity index (χ2n) is 5.37. The molecule has 0 bridgehead atoms. The Hall–Kier alpha value is -1.69. The Kier molecular flexibility index (Phi) is 5.66. The Balaban J connectivity index is 1.89. The van der Waals surface area contributed by atoms with Crippen LogP contribution in [0.1, 0.15) is 13.8 Å². The van der Waals surface area contributed by atoms with Crippen molar-refractivity contribution in [3.8, 4) is 17.0 Å². The third-order valence-electron chi connectivity index (χ3n) is 4.04. The summed E-state index contributed by atoms with van der Waals surface area (Å²) in [6, 6.07) is 9.94. The molecule has 0 saturated heterocycles. The average molecular weight is 362 g/mol. The molecule has 0 aliphatic rings. The number of ether oxygens (including phenoxy) is 1. The molecule has 0 amide bonds. The number of benzene rings is 1. The monoisotopic (exact) mass is 361 g/mol. The smallest absolute Gasteiger partial charge is 0.160 e. The van der Waals surface area contributed by atoms with E-state index in [0.717, 1.165) is 46.7 Å². The molecule has 1 aromatic carbocycles. The second kappa shape index (κ2) is 7.92. The summed E-state index contributed by atoms with van der Waals surface area (Å²) in [6.07, 6.45) is 0. The van der Waals surface area contributed by atoms with Gasteiger partial charge in [-0.25, -0.2) is 0 Å². The first-order valence-corrected chi connectivity index (χ1v) is 9.34. The molecule has 0 radical (unpaired) electrons. The van der Waals surface area contributed by atoms with Crippen LogP contribution < -0.4 is 4.74 Å². The molecule has 0 unspecified atom stereocenters. The van der Waals surface area contributed by atoms with Crippen molar-refractivity contribution >= 4 is 33.0 Å². The van der Waals surface area contributed by atoms with Crippen molar-refractivity contribution in [2.45, 2.75) is 13.8 Å². The molecule has 126 valence electrons. The number of hydrogen-bond acceptors (Lipinski definition) is 5. The average Bonchev–Trinajstić information content (AvgIpc) is 3.10. The van der Waals surface area contributed by atoms with Crippen molar-refractivity contribution in [2.75, 3.05) is 26.2 Å². The van der Waals surface area contributed by atoms with E-state index in [9.17, 15) is 0 Å². The van der Waals surface area contributed by atoms with E-state index in [0.29, 0.717) is 11.8 Å². The number of hydrogen-bond donors (Lipinski definition) is 0. The van der Waals surface area contributed by atoms with E-state index in [-0.39, 0.29) is 0 Å². The highest BCUT2D eigenvalue weighted by Gasteiger charge is 2.15. The van der Waals surface area contributed by atoms with Gasteiger partial charge in [-0.1, -0.05) is 37.6 Å². The normalized spacial score (nSPS) is 11.3. The van der Waals surface area contributed by atoms with Crippen LogP contribution >= 0.6 is 22.9 Å². The van der Waals surface area contributed by atoms with E-state index in [2.05, 4.69) is 28.9 Å². The van der Waals surface area contributed by atoms with Gasteiger partial charge in [0, 0.05) is 17.5 Å². The summed E-state index contributed by atoms with van der Waals surface area (Å²) in [4.78, 5) is 2.34. The molecule has 0 aliphatic carbocycles. The number of fused-ring (bicyclic) bond motifs is 1. The molecule has 24 heavy (non-hydrogen) atoms. The second-order valence-corrected chi connectivity index (χ2v) is 6.65. The Morgan fingerprint density at radius 1 is 1.12 bits per heavy atom. The summed E-state index contributed by atoms with van der Waals surface area (Å²) in [7, 11) is 0. The molecule has 4 nitrogen and oxygen atoms in total. The summed E-state index contributed by atoms with van der Waals surface area (Å²) >= 11 is 7.76. The summed E-state index contributed by atoms with van der Waals surface area (Å²) in [5.74, 6) is 0.830. The highest BCUT2D eigenvalue weighted by Crippen LogP contribution is 2.37. The van der Waals surface area contributed by atoms with Crippen LogP contribution in [-0.4, -0.2) is 41.3 Å². The van der Waals surface area contributed by atoms with Crippen LogP contribution in [0.25, 0.3) is 21.3 Å². The first-order chi connectivity index (χ1) is 11.7. The summed E-state index contributed by atoms with van der Waals surface area (Å²) in [6.45, 7) is 7.93. The van der Waals surface area contributed by atoms with Gasteiger partial charge >= 0.3 is 0 Å². The SMILES string of the molecule is CCN(CC)CCOc1ccccc1-c1nnc(Cl)c2ccsc12. The highest BCUT2D eigenvalue weighted by molar-refractivity contribution is 7.17. The third kappa shape index (κ3) is 3.53. The standard InChI is InChI=1S/C18H20ClN3OS/c1-3-22(4-2)10-11-23-15-8-6-5-7-13(15)16-17-14(9-12-24-17)18(19)21-20-16/h5-9,12H,3-4,10-11H2,1-2H3. The first-order valence-electron chi connectivity index (χ1n) is 8.08. The lowest BCUT2D eigenvalue weighted by molar-refractivity contribution is 0.223. The first kappa shape index (κ1) is 17.1. The zero-order valence-corrected chi connectivity index (χ0v) is 15.4. The quantitative estimate of drug-likeness (QED) is 0.609. The fourth-order valence-electron chi connectivity index (χ4n) is 2.64. The Bertz CT molecular complexity index is 817. The molecule has 6 heteroatoms. The van der Waals surface area contributed by atoms with Crippen molar-refractivity contribution in [1.82, 2.24) is 15.1 Å². The fraction of sp³-hybridized carbons (Fsp3) is 0.333. The fourth-order valence-corrected chi connectivity index (χ4v) is 3.78. The van der Waals surface area contributed by atoms with Crippen molar-refractivity contribution < 1.29 is 4.74 Å². The number of likely N-dealkylation sites (N-methyl/N-ethyl adjacent to an activating group) is 1. The lowest BCUT2D eigenvalue weighted by Gasteiger charge is -2.19. The maximum Gasteiger partial charge on any atom is 0.160 e. The minimum atomic E-state index is 0.440. The third-order valence-corrected chi connectivity index (χ3v) is 5.24. The predicted octanol–water partition coefficient (Wildman–Crippen LogP) is 4.73. The van der Waals surface area contributed by atoms with E-state index in [1.165, 1.54) is 0 Å². The van der Waals surface area contributed by atoms with Gasteiger partial charge in [-0.05, 0) is 36.7 Å². The lowest BCUT2D eigenvalue weighted by atomic mass is 10.1. The highest BCUT2D eigenvalue weighted by atomic mass is 35.5. The molecule has 0 N–H and O–H groups in total. The van der Waals surface area contributed by atoms with Crippen molar-refractivity contribution in [3.05, 3.63) is 40.9 Å². The van der Waals surface area contributed by atoms with E-state index in [4.69, 9.17) is 16.3 Å². The van der Waals surface area contributed by atoms with Gasteiger partial charge in [-0.15, -0.1) is 21.5 Å². The van der Waals surface area contributed by atoms with E-state index in [1.807, 2.05) is 35.7 Å². The van der Waals surface area contributed by atoms with Gasteiger partial charge in [0.05, 0.1) is 4.70 Å². The van der Waals surface area contributed by atoms with Crippen LogP contribution in [0.4, 0.5) is 0 Å². The van der Waals surface area contributed by atoms with Gasteiger partial charge in [0.1, 0.15) is 18.1 Å². The molecule has 0 fully saturated rings. The number of nitrogens with zero attached hydrogens (tertiary/aromatic N) is 3. The molecular formula is C18H20ClN3OS. The molecule has 0 saturated carbocycles. The maximum atomic E-state index is 6.14. The number of aromatic nitrogens is 2. The largest absolute Gasteiger partial charge is 0.492 e. The molecular weight excluding hydrogens is 342 g/mol. The molecule has 3 aromatic rings. The Labute approximate surface area is 151 Å². The van der Waals surface area contributed by atoms with Gasteiger partial charge in [0.2, 0.25) is 0 Å². The Morgan fingerprint density at radius 2 is 1.92 bits per heavy atom. The summed E-state index contributed by atoms with van der Waals surface area (Å²) in [5.41, 5.74) is 1.77. The number of para-hydroxylation sites is 1. The summed E-state index contributed by atoms with van der Waals surface area (Å²) < 4.78 is 7.08. The van der Waals surface area contributed by atoms with Crippen LogP contribution in [0, 0.1) is 0 Å². The molecule has 2 aromatic heterocycles. The summed E-state index contributed by atoms with van der Waals surface area (Å²) in [5, 5.41) is 11.8. The van der Waals surface area contributed by atoms with Crippen molar-refractivity contribution in [3.63, 3.8) is 0 Å². The molecule has 0 spiro atoms. The van der Waals surface area contributed by atoms with E-state index < -0.39 is 0 Å². The van der Waals surface area contributed by atoms with E-state index in [1.54, 1.807) is 11.3 Å². The van der Waals surface area contributed by atoms with Gasteiger partial charge in [-0.3, -0.25) is 0 Å². The minimum Gasteiger partial charge on any atom is -0.492 e. The zero-order valence-electron chi connectivity index (χ0n) is 13.8. The number of rotatable bonds is 7. The van der Waals surface area contributed by atoms with Gasteiger partial charge < -0.3 is 9.64 Å². The molecule has 2 heterocycles. The molecule has 3 rings (SSSR count). The van der Waals surface area contributed by atoms with E-state index >= 15 is 0 Å². The maximum absolute atomic E-state index is 6.14. The van der Waals surface area contributed by atoms with Crippen molar-refractivity contribution in [2.24, 2.45) is 0 Å². The predicted molar refractivity (Wildman–Crippen MR) is 101 cm³/mol. The van der Waals surface area contributed by atoms with Crippen LogP contribution in [0.15, 0.2) is 35.7 Å². The number of thiophene rings is 1. The van der Waals surface area contributed by atoms with Crippen molar-refractivity contribution in [1.29, 1.82) is 0 Å². The van der Waals surface area contributed by atoms with Crippen LogP contribution in [0.3, 0.4) is 0 Å². The van der Waals surface area contributed by atoms with Gasteiger partial charge in [0.25, 0.3) is 0 Å². The van der Waals surface area contributed by atoms with Crippen LogP contribution in [0.2, 0.25) is 5.15 Å². The lowest BCUT2D eigenvalue weighted by Crippen LogP contribution is -2.27. The minimum absolute atomic E-state index is 0.440. The van der Waals surface area contributed by atoms with Gasteiger partial charge in [-0.2, -0.15) is 0 Å². The topological polar surface area (TPSA) is 38.2 Å².